The predicted octanol–water partition coefficient (Wildman–Crippen LogP) is 0.974. The highest BCUT2D eigenvalue weighted by Gasteiger charge is 2.22. The van der Waals surface area contributed by atoms with E-state index in [4.69, 9.17) is 5.11 Å². The molecule has 0 saturated carbocycles. The average Bonchev–Trinajstić information content (AvgIpc) is 3.20. The molecule has 2 heterocycles. The van der Waals surface area contributed by atoms with Gasteiger partial charge in [-0.05, 0) is 32.1 Å². The molecule has 162 valence electrons. The van der Waals surface area contributed by atoms with Crippen LogP contribution in [0.25, 0.3) is 0 Å². The number of carbonyl (C=O) groups is 5. The van der Waals surface area contributed by atoms with Crippen LogP contribution in [0.5, 0.6) is 0 Å². The molecule has 10 nitrogen and oxygen atoms in total. The number of aliphatic imine (C=N–C) groups is 1. The fourth-order valence-electron chi connectivity index (χ4n) is 2.71. The summed E-state index contributed by atoms with van der Waals surface area (Å²) in [5, 5.41) is 8.38. The van der Waals surface area contributed by atoms with E-state index in [0.29, 0.717) is 38.9 Å². The summed E-state index contributed by atoms with van der Waals surface area (Å²) in [7, 11) is 0. The lowest BCUT2D eigenvalue weighted by Gasteiger charge is -2.12. The Morgan fingerprint density at radius 2 is 1.20 bits per heavy atom. The lowest BCUT2D eigenvalue weighted by molar-refractivity contribution is -0.138. The van der Waals surface area contributed by atoms with Crippen LogP contribution in [0.4, 0.5) is 0 Å². The molecule has 0 unspecified atom stereocenters. The number of carboxylic acid groups (broad SMARTS) is 1. The van der Waals surface area contributed by atoms with Gasteiger partial charge >= 0.3 is 5.97 Å². The van der Waals surface area contributed by atoms with Crippen molar-refractivity contribution in [1.82, 2.24) is 9.80 Å². The van der Waals surface area contributed by atoms with Crippen LogP contribution in [0.2, 0.25) is 0 Å². The van der Waals surface area contributed by atoms with E-state index in [2.05, 4.69) is 4.99 Å². The van der Waals surface area contributed by atoms with Crippen LogP contribution in [0, 0.1) is 0 Å². The van der Waals surface area contributed by atoms with E-state index in [9.17, 15) is 28.8 Å². The first-order chi connectivity index (χ1) is 14.4. The summed E-state index contributed by atoms with van der Waals surface area (Å²) in [5.41, 5.74) is 0. The lowest BCUT2D eigenvalue weighted by Crippen LogP contribution is -2.30. The van der Waals surface area contributed by atoms with Gasteiger partial charge in [0.1, 0.15) is 0 Å². The number of isocyanates is 1. The molecule has 2 rings (SSSR count). The number of imide groups is 2. The number of nitrogens with zero attached hydrogens (tertiary/aromatic N) is 3. The van der Waals surface area contributed by atoms with Crippen molar-refractivity contribution < 1.29 is 33.9 Å². The van der Waals surface area contributed by atoms with Crippen molar-refractivity contribution >= 4 is 35.7 Å². The summed E-state index contributed by atoms with van der Waals surface area (Å²) in [6, 6.07) is 0. The molecule has 0 aromatic rings. The minimum Gasteiger partial charge on any atom is -0.481 e. The van der Waals surface area contributed by atoms with Crippen molar-refractivity contribution in [3.63, 3.8) is 0 Å². The molecule has 10 heteroatoms. The van der Waals surface area contributed by atoms with Crippen LogP contribution >= 0.6 is 0 Å². The number of carboxylic acids is 1. The summed E-state index contributed by atoms with van der Waals surface area (Å²) in [6.07, 6.45) is 11.0. The van der Waals surface area contributed by atoms with Gasteiger partial charge in [0, 0.05) is 43.8 Å². The molecule has 0 radical (unpaired) electrons. The highest BCUT2D eigenvalue weighted by atomic mass is 16.4. The fraction of sp³-hybridized carbons (Fsp3) is 0.500. The van der Waals surface area contributed by atoms with Gasteiger partial charge in [0.25, 0.3) is 23.6 Å². The first kappa shape index (κ1) is 24.6. The summed E-state index contributed by atoms with van der Waals surface area (Å²) >= 11 is 0. The van der Waals surface area contributed by atoms with Crippen molar-refractivity contribution in [1.29, 1.82) is 0 Å². The van der Waals surface area contributed by atoms with Gasteiger partial charge in [-0.1, -0.05) is 6.42 Å². The Balaban J connectivity index is 0.000000300. The molecule has 0 aromatic carbocycles. The van der Waals surface area contributed by atoms with Crippen molar-refractivity contribution in [3.05, 3.63) is 24.3 Å². The monoisotopic (exact) mass is 419 g/mol. The standard InChI is InChI=1S/C10H12N2O3.C10H13NO4/c13-8-11-6-2-1-3-7-12-9(14)4-5-10(12)15;12-8-5-6-9(13)11(8)7-3-1-2-4-10(14)15/h4-5H,1-3,6-7H2;5-6H,1-4,7H2,(H,14,15). The highest BCUT2D eigenvalue weighted by molar-refractivity contribution is 6.13. The normalized spacial score (nSPS) is 14.8. The maximum atomic E-state index is 11.1. The Bertz CT molecular complexity index is 680. The molecule has 2 aliphatic heterocycles. The highest BCUT2D eigenvalue weighted by Crippen LogP contribution is 2.08. The predicted molar refractivity (Wildman–Crippen MR) is 105 cm³/mol. The molecule has 0 aliphatic carbocycles. The molecule has 4 amide bonds. The second-order valence-corrected chi connectivity index (χ2v) is 6.56. The van der Waals surface area contributed by atoms with Crippen LogP contribution in [0.15, 0.2) is 29.3 Å². The maximum absolute atomic E-state index is 11.1. The van der Waals surface area contributed by atoms with Gasteiger partial charge in [-0.25, -0.2) is 9.79 Å². The average molecular weight is 419 g/mol. The molecule has 0 bridgehead atoms. The van der Waals surface area contributed by atoms with E-state index >= 15 is 0 Å². The summed E-state index contributed by atoms with van der Waals surface area (Å²) in [5.74, 6) is -1.86. The second kappa shape index (κ2) is 13.7. The number of unbranched alkanes of at least 4 members (excludes halogenated alkanes) is 4. The molecule has 30 heavy (non-hydrogen) atoms. The Labute approximate surface area is 173 Å². The van der Waals surface area contributed by atoms with Crippen molar-refractivity contribution in [2.75, 3.05) is 19.6 Å². The molecule has 0 atom stereocenters. The summed E-state index contributed by atoms with van der Waals surface area (Å²) in [6.45, 7) is 1.28. The largest absolute Gasteiger partial charge is 0.481 e. The van der Waals surface area contributed by atoms with Crippen molar-refractivity contribution in [3.8, 4) is 0 Å². The first-order valence-electron chi connectivity index (χ1n) is 9.69. The lowest BCUT2D eigenvalue weighted by atomic mass is 10.2. The fourth-order valence-corrected chi connectivity index (χ4v) is 2.71. The van der Waals surface area contributed by atoms with Gasteiger partial charge in [-0.15, -0.1) is 0 Å². The summed E-state index contributed by atoms with van der Waals surface area (Å²) in [4.78, 5) is 70.1. The van der Waals surface area contributed by atoms with E-state index in [1.165, 1.54) is 40.2 Å². The number of amides is 4. The Morgan fingerprint density at radius 1 is 0.767 bits per heavy atom. The van der Waals surface area contributed by atoms with Crippen LogP contribution in [0.1, 0.15) is 44.9 Å². The van der Waals surface area contributed by atoms with Gasteiger partial charge in [0.15, 0.2) is 0 Å². The number of rotatable bonds is 12. The minimum atomic E-state index is -0.815. The topological polar surface area (TPSA) is 141 Å². The van der Waals surface area contributed by atoms with Gasteiger partial charge < -0.3 is 5.11 Å². The summed E-state index contributed by atoms with van der Waals surface area (Å²) < 4.78 is 0. The van der Waals surface area contributed by atoms with Crippen LogP contribution < -0.4 is 0 Å². The second-order valence-electron chi connectivity index (χ2n) is 6.56. The van der Waals surface area contributed by atoms with Crippen molar-refractivity contribution in [2.24, 2.45) is 4.99 Å². The van der Waals surface area contributed by atoms with Gasteiger partial charge in [-0.2, -0.15) is 0 Å². The third kappa shape index (κ3) is 9.20. The van der Waals surface area contributed by atoms with E-state index in [-0.39, 0.29) is 30.0 Å². The van der Waals surface area contributed by atoms with Crippen LogP contribution in [0.3, 0.4) is 0 Å². The number of hydrogen-bond donors (Lipinski definition) is 1. The van der Waals surface area contributed by atoms with E-state index in [0.717, 1.165) is 19.3 Å². The molecule has 0 aromatic heterocycles. The third-order valence-corrected chi connectivity index (χ3v) is 4.29. The van der Waals surface area contributed by atoms with Gasteiger partial charge in [0.05, 0.1) is 6.54 Å². The molecule has 0 fully saturated rings. The molecular formula is C20H25N3O7. The molecule has 0 saturated heterocycles. The maximum Gasteiger partial charge on any atom is 0.303 e. The molecule has 1 N–H and O–H groups in total. The smallest absolute Gasteiger partial charge is 0.303 e. The van der Waals surface area contributed by atoms with Gasteiger partial charge in [0.2, 0.25) is 6.08 Å². The zero-order chi connectivity index (χ0) is 22.4. The first-order valence-corrected chi connectivity index (χ1v) is 9.69. The number of carbonyl (C=O) groups excluding carboxylic acids is 5. The Kier molecular flexibility index (Phi) is 11.3. The minimum absolute atomic E-state index is 0.139. The van der Waals surface area contributed by atoms with Crippen molar-refractivity contribution in [2.45, 2.75) is 44.9 Å². The van der Waals surface area contributed by atoms with E-state index in [1.54, 1.807) is 0 Å². The van der Waals surface area contributed by atoms with Crippen LogP contribution in [-0.4, -0.2) is 70.2 Å². The Hall–Kier alpha value is -3.39. The number of aliphatic carboxylic acids is 1. The van der Waals surface area contributed by atoms with Gasteiger partial charge in [-0.3, -0.25) is 33.8 Å². The third-order valence-electron chi connectivity index (χ3n) is 4.29. The SMILES string of the molecule is O=C(O)CCCCCN1C(=O)C=CC1=O.O=C=NCCCCCN1C(=O)C=CC1=O. The molecule has 0 spiro atoms. The van der Waals surface area contributed by atoms with E-state index < -0.39 is 5.97 Å². The molecular weight excluding hydrogens is 394 g/mol. The zero-order valence-electron chi connectivity index (χ0n) is 16.6. The Morgan fingerprint density at radius 3 is 1.60 bits per heavy atom. The quantitative estimate of drug-likeness (QED) is 0.215. The van der Waals surface area contributed by atoms with Crippen LogP contribution in [-0.2, 0) is 28.8 Å². The van der Waals surface area contributed by atoms with E-state index in [1.807, 2.05) is 0 Å². The number of hydrogen-bond acceptors (Lipinski definition) is 7. The molecule has 2 aliphatic rings. The zero-order valence-corrected chi connectivity index (χ0v) is 16.6.